The minimum Gasteiger partial charge on any atom is -0.456 e. The minimum atomic E-state index is 0.600. The number of fused-ring (bicyclic) bond motifs is 12. The summed E-state index contributed by atoms with van der Waals surface area (Å²) in [6.07, 6.45) is 0. The Balaban J connectivity index is 1.06. The van der Waals surface area contributed by atoms with E-state index in [-0.39, 0.29) is 0 Å². The zero-order chi connectivity index (χ0) is 39.3. The molecule has 0 radical (unpaired) electrons. The van der Waals surface area contributed by atoms with Gasteiger partial charge in [-0.1, -0.05) is 146 Å². The van der Waals surface area contributed by atoms with Crippen molar-refractivity contribution in [2.45, 2.75) is 0 Å². The molecule has 0 bridgehead atoms. The van der Waals surface area contributed by atoms with Crippen LogP contribution in [-0.2, 0) is 0 Å². The van der Waals surface area contributed by atoms with Crippen molar-refractivity contribution in [2.24, 2.45) is 0 Å². The van der Waals surface area contributed by atoms with E-state index in [9.17, 15) is 0 Å². The predicted octanol–water partition coefficient (Wildman–Crippen LogP) is 15.0. The summed E-state index contributed by atoms with van der Waals surface area (Å²) in [5.74, 6) is 1.82. The van der Waals surface area contributed by atoms with Gasteiger partial charge in [0.15, 0.2) is 17.5 Å². The molecule has 0 saturated heterocycles. The molecule has 13 aromatic rings. The third-order valence-electron chi connectivity index (χ3n) is 12.1. The summed E-state index contributed by atoms with van der Waals surface area (Å²) in [6.45, 7) is 0. The first-order chi connectivity index (χ1) is 29.7. The van der Waals surface area contributed by atoms with Crippen molar-refractivity contribution in [3.63, 3.8) is 0 Å². The predicted molar refractivity (Wildman–Crippen MR) is 246 cm³/mol. The summed E-state index contributed by atoms with van der Waals surface area (Å²) >= 11 is 0. The molecule has 0 aliphatic rings. The molecule has 0 unspecified atom stereocenters. The molecule has 0 aliphatic heterocycles. The lowest BCUT2D eigenvalue weighted by Crippen LogP contribution is -2.01. The van der Waals surface area contributed by atoms with Gasteiger partial charge >= 0.3 is 0 Å². The number of benzene rings is 10. The summed E-state index contributed by atoms with van der Waals surface area (Å²) in [5.41, 5.74) is 8.46. The first-order valence-electron chi connectivity index (χ1n) is 20.2. The van der Waals surface area contributed by atoms with E-state index in [1.165, 1.54) is 16.2 Å². The van der Waals surface area contributed by atoms with Gasteiger partial charge in [-0.2, -0.15) is 0 Å². The number of rotatable bonds is 4. The van der Waals surface area contributed by atoms with E-state index in [1.807, 2.05) is 30.3 Å². The number of nitrogens with zero attached hydrogens (tertiary/aromatic N) is 3. The molecule has 278 valence electrons. The SMILES string of the molecule is c1ccc2c(c1)ccc1ccc(-c3nc(-c4ccc5ccc6oc7ccccc7c6c5c4)nc(-c4ccc(-c5cccc6oc7ccccc7c56)c5ccccc45)n3)cc12. The highest BCUT2D eigenvalue weighted by Crippen LogP contribution is 2.42. The highest BCUT2D eigenvalue weighted by Gasteiger charge is 2.20. The fraction of sp³-hybridized carbons (Fsp3) is 0. The second-order valence-corrected chi connectivity index (χ2v) is 15.5. The summed E-state index contributed by atoms with van der Waals surface area (Å²) in [6, 6.07) is 65.7. The lowest BCUT2D eigenvalue weighted by Gasteiger charge is -2.14. The number of aromatic nitrogens is 3. The molecule has 0 saturated carbocycles. The quantitative estimate of drug-likeness (QED) is 0.167. The van der Waals surface area contributed by atoms with Crippen LogP contribution in [0.5, 0.6) is 0 Å². The summed E-state index contributed by atoms with van der Waals surface area (Å²) in [5, 5.41) is 13.5. The molecule has 3 aromatic heterocycles. The molecule has 13 rings (SSSR count). The molecule has 10 aromatic carbocycles. The normalized spacial score (nSPS) is 12.0. The maximum Gasteiger partial charge on any atom is 0.164 e. The molecule has 0 aliphatic carbocycles. The Kier molecular flexibility index (Phi) is 6.95. The second kappa shape index (κ2) is 12.7. The lowest BCUT2D eigenvalue weighted by atomic mass is 9.92. The molecule has 0 N–H and O–H groups in total. The van der Waals surface area contributed by atoms with Gasteiger partial charge in [-0.25, -0.2) is 15.0 Å². The number of furan rings is 2. The molecular weight excluding hydrogens is 735 g/mol. The van der Waals surface area contributed by atoms with E-state index >= 15 is 0 Å². The fourth-order valence-corrected chi connectivity index (χ4v) is 9.31. The van der Waals surface area contributed by atoms with Crippen LogP contribution in [0.3, 0.4) is 0 Å². The molecule has 3 heterocycles. The zero-order valence-electron chi connectivity index (χ0n) is 32.1. The molecule has 0 atom stereocenters. The van der Waals surface area contributed by atoms with Crippen molar-refractivity contribution in [1.82, 2.24) is 15.0 Å². The van der Waals surface area contributed by atoms with Crippen LogP contribution in [-0.4, -0.2) is 15.0 Å². The Morgan fingerprint density at radius 1 is 0.267 bits per heavy atom. The van der Waals surface area contributed by atoms with E-state index < -0.39 is 0 Å². The molecule has 0 amide bonds. The summed E-state index contributed by atoms with van der Waals surface area (Å²) in [4.78, 5) is 15.9. The first-order valence-corrected chi connectivity index (χ1v) is 20.2. The Morgan fingerprint density at radius 3 is 1.48 bits per heavy atom. The topological polar surface area (TPSA) is 65.0 Å². The van der Waals surface area contributed by atoms with Gasteiger partial charge in [-0.05, 0) is 96.7 Å². The van der Waals surface area contributed by atoms with Crippen molar-refractivity contribution in [3.05, 3.63) is 188 Å². The fourth-order valence-electron chi connectivity index (χ4n) is 9.31. The van der Waals surface area contributed by atoms with E-state index in [0.29, 0.717) is 17.5 Å². The van der Waals surface area contributed by atoms with E-state index in [4.69, 9.17) is 23.8 Å². The highest BCUT2D eigenvalue weighted by molar-refractivity contribution is 6.20. The Bertz CT molecular complexity index is 3910. The molecule has 5 nitrogen and oxygen atoms in total. The number of hydrogen-bond acceptors (Lipinski definition) is 5. The number of hydrogen-bond donors (Lipinski definition) is 0. The Labute approximate surface area is 342 Å². The standard InChI is InChI=1S/C55H31N3O2/c1-2-11-37-32(10-1)20-21-33-22-24-35(30-45(33)37)53-56-54(36-25-23-34-26-29-50-52(46(34)31-36)44-15-6-8-18-48(44)60-50)58-55(57-53)42-28-27-40(38-12-3-4-13-39(38)42)41-16-9-19-49-51(41)43-14-5-7-17-47(43)59-49/h1-31H. The molecule has 5 heteroatoms. The molecule has 0 fully saturated rings. The van der Waals surface area contributed by atoms with Crippen molar-refractivity contribution >= 4 is 87.0 Å². The zero-order valence-corrected chi connectivity index (χ0v) is 32.1. The van der Waals surface area contributed by atoms with Crippen molar-refractivity contribution in [3.8, 4) is 45.3 Å². The molecule has 60 heavy (non-hydrogen) atoms. The van der Waals surface area contributed by atoms with Crippen LogP contribution in [0, 0.1) is 0 Å². The van der Waals surface area contributed by atoms with Crippen LogP contribution < -0.4 is 0 Å². The summed E-state index contributed by atoms with van der Waals surface area (Å²) in [7, 11) is 0. The van der Waals surface area contributed by atoms with Crippen molar-refractivity contribution in [1.29, 1.82) is 0 Å². The molecular formula is C55H31N3O2. The third-order valence-corrected chi connectivity index (χ3v) is 12.1. The van der Waals surface area contributed by atoms with Crippen LogP contribution in [0.15, 0.2) is 197 Å². The maximum atomic E-state index is 6.32. The maximum absolute atomic E-state index is 6.32. The Hall–Kier alpha value is -8.15. The molecule has 0 spiro atoms. The first kappa shape index (κ1) is 32.9. The van der Waals surface area contributed by atoms with E-state index in [0.717, 1.165) is 98.6 Å². The van der Waals surface area contributed by atoms with Crippen LogP contribution >= 0.6 is 0 Å². The minimum absolute atomic E-state index is 0.600. The van der Waals surface area contributed by atoms with Gasteiger partial charge in [0.1, 0.15) is 22.3 Å². The smallest absolute Gasteiger partial charge is 0.164 e. The largest absolute Gasteiger partial charge is 0.456 e. The van der Waals surface area contributed by atoms with Gasteiger partial charge in [0.2, 0.25) is 0 Å². The van der Waals surface area contributed by atoms with Crippen LogP contribution in [0.25, 0.3) is 132 Å². The van der Waals surface area contributed by atoms with Crippen LogP contribution in [0.1, 0.15) is 0 Å². The highest BCUT2D eigenvalue weighted by atomic mass is 16.3. The van der Waals surface area contributed by atoms with Gasteiger partial charge < -0.3 is 8.83 Å². The lowest BCUT2D eigenvalue weighted by molar-refractivity contribution is 0.668. The van der Waals surface area contributed by atoms with Gasteiger partial charge in [0, 0.05) is 38.2 Å². The van der Waals surface area contributed by atoms with Crippen LogP contribution in [0.4, 0.5) is 0 Å². The van der Waals surface area contributed by atoms with Crippen molar-refractivity contribution in [2.75, 3.05) is 0 Å². The van der Waals surface area contributed by atoms with Gasteiger partial charge in [0.05, 0.1) is 0 Å². The van der Waals surface area contributed by atoms with Gasteiger partial charge in [-0.15, -0.1) is 0 Å². The summed E-state index contributed by atoms with van der Waals surface area (Å²) < 4.78 is 12.6. The van der Waals surface area contributed by atoms with E-state index in [2.05, 4.69) is 158 Å². The van der Waals surface area contributed by atoms with Gasteiger partial charge in [-0.3, -0.25) is 0 Å². The monoisotopic (exact) mass is 765 g/mol. The number of para-hydroxylation sites is 2. The average Bonchev–Trinajstić information content (AvgIpc) is 3.90. The Morgan fingerprint density at radius 2 is 0.750 bits per heavy atom. The average molecular weight is 766 g/mol. The van der Waals surface area contributed by atoms with Crippen LogP contribution in [0.2, 0.25) is 0 Å². The third kappa shape index (κ3) is 4.96. The van der Waals surface area contributed by atoms with Gasteiger partial charge in [0.25, 0.3) is 0 Å². The second-order valence-electron chi connectivity index (χ2n) is 15.5. The van der Waals surface area contributed by atoms with E-state index in [1.54, 1.807) is 0 Å². The van der Waals surface area contributed by atoms with Crippen molar-refractivity contribution < 1.29 is 8.83 Å².